The molecule has 0 aliphatic rings. The summed E-state index contributed by atoms with van der Waals surface area (Å²) in [7, 11) is 1.36. The fourth-order valence-corrected chi connectivity index (χ4v) is 1.77. The summed E-state index contributed by atoms with van der Waals surface area (Å²) in [5.74, 6) is -0.310. The number of allylic oxidation sites excluding steroid dienone is 1. The van der Waals surface area contributed by atoms with E-state index in [9.17, 15) is 14.4 Å². The molecule has 1 amide bonds. The molecule has 0 saturated carbocycles. The third kappa shape index (κ3) is 7.95. The van der Waals surface area contributed by atoms with E-state index in [1.807, 2.05) is 19.9 Å². The zero-order valence-electron chi connectivity index (χ0n) is 14.4. The summed E-state index contributed by atoms with van der Waals surface area (Å²) in [5.41, 5.74) is 1.93. The zero-order valence-corrected chi connectivity index (χ0v) is 14.4. The number of amides is 1. The first-order valence-corrected chi connectivity index (χ1v) is 7.51. The number of carbonyl (C=O) groups is 3. The minimum absolute atomic E-state index is 0. The predicted molar refractivity (Wildman–Crippen MR) is 93.2 cm³/mol. The summed E-state index contributed by atoms with van der Waals surface area (Å²) >= 11 is 0. The van der Waals surface area contributed by atoms with Gasteiger partial charge in [-0.2, -0.15) is 0 Å². The molecule has 5 nitrogen and oxygen atoms in total. The highest BCUT2D eigenvalue weighted by atomic mass is 16.5. The van der Waals surface area contributed by atoms with Crippen LogP contribution in [0.25, 0.3) is 5.57 Å². The van der Waals surface area contributed by atoms with Gasteiger partial charge in [-0.3, -0.25) is 9.59 Å². The van der Waals surface area contributed by atoms with Gasteiger partial charge in [-0.15, -0.1) is 0 Å². The number of Topliss-reactive ketones (excluding diaryl/α,β-unsaturated/α-hetero) is 1. The maximum atomic E-state index is 11.6. The first kappa shape index (κ1) is 20.6. The van der Waals surface area contributed by atoms with Gasteiger partial charge in [0.05, 0.1) is 12.7 Å². The quantitative estimate of drug-likeness (QED) is 0.513. The van der Waals surface area contributed by atoms with Gasteiger partial charge in [0.2, 0.25) is 5.91 Å². The van der Waals surface area contributed by atoms with Gasteiger partial charge < -0.3 is 10.1 Å². The van der Waals surface area contributed by atoms with Crippen molar-refractivity contribution in [1.29, 1.82) is 0 Å². The largest absolute Gasteiger partial charge is 0.465 e. The van der Waals surface area contributed by atoms with Crippen molar-refractivity contribution in [3.8, 4) is 0 Å². The van der Waals surface area contributed by atoms with Crippen LogP contribution in [0.2, 0.25) is 0 Å². The Morgan fingerprint density at radius 2 is 1.61 bits per heavy atom. The van der Waals surface area contributed by atoms with Crippen LogP contribution in [0.4, 0.5) is 0 Å². The van der Waals surface area contributed by atoms with E-state index >= 15 is 0 Å². The van der Waals surface area contributed by atoms with E-state index < -0.39 is 0 Å². The highest BCUT2D eigenvalue weighted by molar-refractivity contribution is 6.16. The highest BCUT2D eigenvalue weighted by Crippen LogP contribution is 2.17. The molecule has 0 aliphatic heterocycles. The Balaban J connectivity index is 0. The van der Waals surface area contributed by atoms with Crippen molar-refractivity contribution in [2.45, 2.75) is 34.1 Å². The van der Waals surface area contributed by atoms with Gasteiger partial charge in [-0.05, 0) is 25.8 Å². The minimum Gasteiger partial charge on any atom is -0.465 e. The first-order valence-electron chi connectivity index (χ1n) is 7.51. The molecule has 128 valence electrons. The van der Waals surface area contributed by atoms with E-state index in [2.05, 4.69) is 5.32 Å². The van der Waals surface area contributed by atoms with Crippen molar-refractivity contribution >= 4 is 23.2 Å². The first-order chi connectivity index (χ1) is 10.9. The number of nitrogens with one attached hydrogen (secondary N) is 1. The van der Waals surface area contributed by atoms with Crippen molar-refractivity contribution in [2.24, 2.45) is 0 Å². The Morgan fingerprint density at radius 1 is 1.09 bits per heavy atom. The fraction of sp³-hybridized carbons (Fsp3) is 0.389. The number of methoxy groups -OCH3 is 1. The van der Waals surface area contributed by atoms with Gasteiger partial charge >= 0.3 is 5.97 Å². The zero-order chi connectivity index (χ0) is 17.8. The maximum Gasteiger partial charge on any atom is 0.338 e. The van der Waals surface area contributed by atoms with E-state index in [4.69, 9.17) is 4.74 Å². The van der Waals surface area contributed by atoms with Crippen LogP contribution in [0.3, 0.4) is 0 Å². The van der Waals surface area contributed by atoms with Crippen LogP contribution in [-0.2, 0) is 14.3 Å². The van der Waals surface area contributed by atoms with Crippen LogP contribution >= 0.6 is 0 Å². The van der Waals surface area contributed by atoms with Crippen LogP contribution in [0, 0.1) is 0 Å². The molecule has 0 radical (unpaired) electrons. The van der Waals surface area contributed by atoms with Crippen LogP contribution in [0.5, 0.6) is 0 Å². The molecule has 23 heavy (non-hydrogen) atoms. The lowest BCUT2D eigenvalue weighted by molar-refractivity contribution is -0.133. The average molecular weight is 321 g/mol. The number of esters is 1. The van der Waals surface area contributed by atoms with Crippen molar-refractivity contribution in [1.82, 2.24) is 5.32 Å². The molecule has 1 aromatic carbocycles. The molecule has 1 N–H and O–H groups in total. The van der Waals surface area contributed by atoms with Gasteiger partial charge in [0.1, 0.15) is 0 Å². The number of hydrogen-bond donors (Lipinski definition) is 1. The number of carbonyl (C=O) groups excluding carboxylic acids is 3. The molecule has 0 atom stereocenters. The van der Waals surface area contributed by atoms with Crippen LogP contribution in [0.1, 0.15) is 51.5 Å². The van der Waals surface area contributed by atoms with E-state index in [1.165, 1.54) is 21.0 Å². The third-order valence-corrected chi connectivity index (χ3v) is 2.84. The standard InChI is InChI=1S/C14H16O3.C4H9NO.H2/c1-4-5-13(14(16)17-3)12-8-6-11(7-9-12)10(2)15;1-3-5-4(2)6;/h5-9H,4H2,1-3H3;3H2,1-2H3,(H,5,6);1H/b13-5-;;. The summed E-state index contributed by atoms with van der Waals surface area (Å²) in [6.45, 7) is 7.59. The minimum atomic E-state index is -0.359. The van der Waals surface area contributed by atoms with Crippen molar-refractivity contribution in [2.75, 3.05) is 13.7 Å². The van der Waals surface area contributed by atoms with Gasteiger partial charge in [-0.25, -0.2) is 4.79 Å². The topological polar surface area (TPSA) is 72.5 Å². The summed E-state index contributed by atoms with van der Waals surface area (Å²) in [4.78, 5) is 32.6. The van der Waals surface area contributed by atoms with Crippen LogP contribution < -0.4 is 5.32 Å². The molecule has 0 aromatic heterocycles. The molecular weight excluding hydrogens is 294 g/mol. The van der Waals surface area contributed by atoms with Gasteiger partial charge in [-0.1, -0.05) is 37.3 Å². The smallest absolute Gasteiger partial charge is 0.338 e. The van der Waals surface area contributed by atoms with E-state index in [-0.39, 0.29) is 19.1 Å². The molecule has 0 heterocycles. The molecule has 1 rings (SSSR count). The van der Waals surface area contributed by atoms with Crippen molar-refractivity contribution < 1.29 is 20.5 Å². The lowest BCUT2D eigenvalue weighted by Crippen LogP contribution is -2.18. The lowest BCUT2D eigenvalue weighted by Gasteiger charge is -2.06. The molecule has 0 spiro atoms. The molecule has 0 saturated heterocycles. The van der Waals surface area contributed by atoms with Gasteiger partial charge in [0.25, 0.3) is 0 Å². The number of ketones is 1. The van der Waals surface area contributed by atoms with Gasteiger partial charge in [0.15, 0.2) is 5.78 Å². The maximum absolute atomic E-state index is 11.6. The Labute approximate surface area is 139 Å². The second-order valence-corrected chi connectivity index (χ2v) is 4.74. The molecule has 0 bridgehead atoms. The third-order valence-electron chi connectivity index (χ3n) is 2.84. The summed E-state index contributed by atoms with van der Waals surface area (Å²) in [5, 5.41) is 2.57. The Kier molecular flexibility index (Phi) is 10.00. The monoisotopic (exact) mass is 321 g/mol. The summed E-state index contributed by atoms with van der Waals surface area (Å²) < 4.78 is 4.72. The van der Waals surface area contributed by atoms with Gasteiger partial charge in [0, 0.05) is 20.5 Å². The Bertz CT molecular complexity index is 565. The molecule has 0 aliphatic carbocycles. The van der Waals surface area contributed by atoms with E-state index in [1.54, 1.807) is 24.3 Å². The molecule has 0 fully saturated rings. The predicted octanol–water partition coefficient (Wildman–Crippen LogP) is 3.24. The van der Waals surface area contributed by atoms with E-state index in [0.717, 1.165) is 18.5 Å². The number of hydrogen-bond acceptors (Lipinski definition) is 4. The lowest BCUT2D eigenvalue weighted by atomic mass is 10.0. The molecule has 1 aromatic rings. The molecular formula is C18H27NO4. The SMILES string of the molecule is CC/C=C(\C(=O)OC)c1ccc(C(C)=O)cc1.CCNC(C)=O.[HH]. The van der Waals surface area contributed by atoms with Crippen LogP contribution in [-0.4, -0.2) is 31.3 Å². The highest BCUT2D eigenvalue weighted by Gasteiger charge is 2.11. The van der Waals surface area contributed by atoms with Crippen molar-refractivity contribution in [3.05, 3.63) is 41.5 Å². The van der Waals surface area contributed by atoms with Crippen molar-refractivity contribution in [3.63, 3.8) is 0 Å². The second kappa shape index (κ2) is 11.2. The Morgan fingerprint density at radius 3 is 1.91 bits per heavy atom. The van der Waals surface area contributed by atoms with Crippen LogP contribution in [0.15, 0.2) is 30.3 Å². The Hall–Kier alpha value is -2.43. The molecule has 5 heteroatoms. The fourth-order valence-electron chi connectivity index (χ4n) is 1.77. The number of rotatable bonds is 5. The average Bonchev–Trinajstić information content (AvgIpc) is 2.52. The summed E-state index contributed by atoms with van der Waals surface area (Å²) in [6, 6.07) is 6.94. The number of benzene rings is 1. The van der Waals surface area contributed by atoms with E-state index in [0.29, 0.717) is 11.1 Å². The second-order valence-electron chi connectivity index (χ2n) is 4.74. The summed E-state index contributed by atoms with van der Waals surface area (Å²) in [6.07, 6.45) is 2.56. The normalized spacial score (nSPS) is 10.2. The number of ether oxygens (including phenoxy) is 1. The molecule has 0 unspecified atom stereocenters.